The van der Waals surface area contributed by atoms with E-state index in [1.54, 1.807) is 0 Å². The fourth-order valence-electron chi connectivity index (χ4n) is 4.56. The number of aryl methyl sites for hydroxylation is 1. The van der Waals surface area contributed by atoms with E-state index in [9.17, 15) is 4.79 Å². The minimum absolute atomic E-state index is 0.0719. The second-order valence-corrected chi connectivity index (χ2v) is 8.35. The minimum Gasteiger partial charge on any atom is -0.359 e. The lowest BCUT2D eigenvalue weighted by atomic mass is 9.93. The highest BCUT2D eigenvalue weighted by Gasteiger charge is 2.31. The first kappa shape index (κ1) is 20.0. The first-order valence-electron chi connectivity index (χ1n) is 10.7. The Labute approximate surface area is 172 Å². The molecule has 2 aromatic heterocycles. The van der Waals surface area contributed by atoms with Gasteiger partial charge in [0.2, 0.25) is 5.91 Å². The lowest BCUT2D eigenvalue weighted by Crippen LogP contribution is -2.50. The zero-order chi connectivity index (χ0) is 20.1. The van der Waals surface area contributed by atoms with E-state index in [0.29, 0.717) is 18.3 Å². The number of hydrogen-bond acceptors (Lipinski definition) is 6. The molecular formula is C22H31N5O2. The van der Waals surface area contributed by atoms with Crippen LogP contribution in [0.3, 0.4) is 0 Å². The minimum atomic E-state index is 0.0719. The highest BCUT2D eigenvalue weighted by molar-refractivity contribution is 5.78. The van der Waals surface area contributed by atoms with Gasteiger partial charge in [0.15, 0.2) is 5.76 Å². The van der Waals surface area contributed by atoms with Crippen molar-refractivity contribution >= 4 is 5.91 Å². The predicted molar refractivity (Wildman–Crippen MR) is 110 cm³/mol. The van der Waals surface area contributed by atoms with Crippen LogP contribution in [0, 0.1) is 12.8 Å². The molecular weight excluding hydrogens is 366 g/mol. The summed E-state index contributed by atoms with van der Waals surface area (Å²) < 4.78 is 5.19. The molecule has 2 fully saturated rings. The molecule has 7 nitrogen and oxygen atoms in total. The van der Waals surface area contributed by atoms with Gasteiger partial charge in [-0.1, -0.05) is 5.16 Å². The average Bonchev–Trinajstić information content (AvgIpc) is 3.18. The smallest absolute Gasteiger partial charge is 0.224 e. The molecule has 0 bridgehead atoms. The molecule has 0 spiro atoms. The van der Waals surface area contributed by atoms with Crippen molar-refractivity contribution in [3.05, 3.63) is 47.6 Å². The van der Waals surface area contributed by atoms with E-state index < -0.39 is 0 Å². The number of hydrogen-bond donors (Lipinski definition) is 1. The van der Waals surface area contributed by atoms with Crippen molar-refractivity contribution in [1.29, 1.82) is 0 Å². The van der Waals surface area contributed by atoms with Gasteiger partial charge >= 0.3 is 0 Å². The lowest BCUT2D eigenvalue weighted by Gasteiger charge is -2.42. The third kappa shape index (κ3) is 5.42. The van der Waals surface area contributed by atoms with Crippen molar-refractivity contribution in [1.82, 2.24) is 25.3 Å². The number of nitrogens with one attached hydrogen (secondary N) is 1. The summed E-state index contributed by atoms with van der Waals surface area (Å²) in [6.45, 7) is 7.52. The van der Waals surface area contributed by atoms with Crippen molar-refractivity contribution in [2.24, 2.45) is 5.92 Å². The molecule has 4 heterocycles. The van der Waals surface area contributed by atoms with E-state index in [1.807, 2.05) is 25.4 Å². The predicted octanol–water partition coefficient (Wildman–Crippen LogP) is 2.37. The van der Waals surface area contributed by atoms with Gasteiger partial charge in [0.1, 0.15) is 0 Å². The largest absolute Gasteiger partial charge is 0.359 e. The monoisotopic (exact) mass is 397 g/mol. The molecule has 29 heavy (non-hydrogen) atoms. The highest BCUT2D eigenvalue weighted by atomic mass is 16.5. The molecule has 4 rings (SSSR count). The maximum absolute atomic E-state index is 12.6. The Balaban J connectivity index is 1.23. The summed E-state index contributed by atoms with van der Waals surface area (Å²) in [7, 11) is 0. The first-order chi connectivity index (χ1) is 14.2. The van der Waals surface area contributed by atoms with Crippen LogP contribution in [0.1, 0.15) is 42.7 Å². The zero-order valence-electron chi connectivity index (χ0n) is 17.2. The Morgan fingerprint density at radius 3 is 2.72 bits per heavy atom. The summed E-state index contributed by atoms with van der Waals surface area (Å²) in [4.78, 5) is 21.8. The van der Waals surface area contributed by atoms with Gasteiger partial charge in [0, 0.05) is 37.6 Å². The molecule has 1 unspecified atom stereocenters. The molecule has 156 valence electrons. The van der Waals surface area contributed by atoms with Crippen LogP contribution in [0.25, 0.3) is 0 Å². The van der Waals surface area contributed by atoms with Gasteiger partial charge in [-0.3, -0.25) is 19.6 Å². The number of piperidine rings is 2. The van der Waals surface area contributed by atoms with Crippen molar-refractivity contribution in [2.45, 2.75) is 51.7 Å². The number of likely N-dealkylation sites (tertiary alicyclic amines) is 2. The van der Waals surface area contributed by atoms with Gasteiger partial charge in [-0.15, -0.1) is 0 Å². The Morgan fingerprint density at radius 1 is 1.21 bits per heavy atom. The van der Waals surface area contributed by atoms with Gasteiger partial charge in [0.05, 0.1) is 18.2 Å². The molecule has 1 amide bonds. The van der Waals surface area contributed by atoms with Crippen LogP contribution in [0.2, 0.25) is 0 Å². The maximum Gasteiger partial charge on any atom is 0.224 e. The number of aromatic nitrogens is 2. The lowest BCUT2D eigenvalue weighted by molar-refractivity contribution is -0.127. The van der Waals surface area contributed by atoms with Gasteiger partial charge < -0.3 is 9.84 Å². The zero-order valence-corrected chi connectivity index (χ0v) is 17.2. The maximum atomic E-state index is 12.6. The fourth-order valence-corrected chi connectivity index (χ4v) is 4.56. The molecule has 0 saturated carbocycles. The van der Waals surface area contributed by atoms with E-state index in [1.165, 1.54) is 18.4 Å². The topological polar surface area (TPSA) is 74.5 Å². The number of amides is 1. The summed E-state index contributed by atoms with van der Waals surface area (Å²) in [5.41, 5.74) is 2.17. The second kappa shape index (κ2) is 9.50. The van der Waals surface area contributed by atoms with Gasteiger partial charge in [-0.2, -0.15) is 0 Å². The van der Waals surface area contributed by atoms with E-state index in [2.05, 4.69) is 37.4 Å². The van der Waals surface area contributed by atoms with Crippen LogP contribution in [0.4, 0.5) is 0 Å². The molecule has 2 saturated heterocycles. The molecule has 7 heteroatoms. The quantitative estimate of drug-likeness (QED) is 0.807. The highest BCUT2D eigenvalue weighted by Crippen LogP contribution is 2.24. The molecule has 0 aromatic carbocycles. The van der Waals surface area contributed by atoms with Crippen LogP contribution in [0.15, 0.2) is 35.1 Å². The van der Waals surface area contributed by atoms with E-state index >= 15 is 0 Å². The number of rotatable bonds is 6. The van der Waals surface area contributed by atoms with Crippen molar-refractivity contribution in [3.8, 4) is 0 Å². The molecule has 2 aliphatic rings. The number of carbonyl (C=O) groups is 1. The average molecular weight is 398 g/mol. The van der Waals surface area contributed by atoms with Crippen LogP contribution < -0.4 is 5.32 Å². The fraction of sp³-hybridized carbons (Fsp3) is 0.591. The standard InChI is InChI=1S/C22H31N5O2/c1-17-13-21(29-25-17)14-24-22(28)19-3-2-10-27(16-19)20-6-11-26(12-7-20)15-18-4-8-23-9-5-18/h4-5,8-9,13,19-20H,2-3,6-7,10-12,14-16H2,1H3,(H,24,28). The van der Waals surface area contributed by atoms with Crippen molar-refractivity contribution < 1.29 is 9.32 Å². The Kier molecular flexibility index (Phi) is 6.56. The SMILES string of the molecule is Cc1cc(CNC(=O)C2CCCN(C3CCN(Cc4ccncc4)CC3)C2)on1. The van der Waals surface area contributed by atoms with E-state index in [4.69, 9.17) is 4.52 Å². The molecule has 2 aromatic rings. The van der Waals surface area contributed by atoms with Crippen LogP contribution in [-0.2, 0) is 17.9 Å². The van der Waals surface area contributed by atoms with E-state index in [0.717, 1.165) is 51.3 Å². The first-order valence-corrected chi connectivity index (χ1v) is 10.7. The van der Waals surface area contributed by atoms with Crippen LogP contribution >= 0.6 is 0 Å². The van der Waals surface area contributed by atoms with Crippen molar-refractivity contribution in [2.75, 3.05) is 26.2 Å². The second-order valence-electron chi connectivity index (χ2n) is 8.35. The third-order valence-corrected chi connectivity index (χ3v) is 6.17. The summed E-state index contributed by atoms with van der Waals surface area (Å²) in [6, 6.07) is 6.66. The van der Waals surface area contributed by atoms with E-state index in [-0.39, 0.29) is 11.8 Å². The summed E-state index contributed by atoms with van der Waals surface area (Å²) in [6.07, 6.45) is 8.15. The molecule has 1 atom stereocenters. The summed E-state index contributed by atoms with van der Waals surface area (Å²) in [5, 5.41) is 6.90. The van der Waals surface area contributed by atoms with Gasteiger partial charge in [-0.05, 0) is 69.9 Å². The van der Waals surface area contributed by atoms with Gasteiger partial charge in [0.25, 0.3) is 0 Å². The normalized spacial score (nSPS) is 21.9. The number of carbonyl (C=O) groups excluding carboxylic acids is 1. The molecule has 1 N–H and O–H groups in total. The summed E-state index contributed by atoms with van der Waals surface area (Å²) >= 11 is 0. The number of pyridine rings is 1. The van der Waals surface area contributed by atoms with Crippen molar-refractivity contribution in [3.63, 3.8) is 0 Å². The Hall–Kier alpha value is -2.25. The third-order valence-electron chi connectivity index (χ3n) is 6.17. The molecule has 2 aliphatic heterocycles. The van der Waals surface area contributed by atoms with Crippen LogP contribution in [-0.4, -0.2) is 58.1 Å². The molecule has 0 radical (unpaired) electrons. The van der Waals surface area contributed by atoms with Gasteiger partial charge in [-0.25, -0.2) is 0 Å². The molecule has 0 aliphatic carbocycles. The Bertz CT molecular complexity index is 786. The summed E-state index contributed by atoms with van der Waals surface area (Å²) in [5.74, 6) is 0.923. The number of nitrogens with zero attached hydrogens (tertiary/aromatic N) is 4. The van der Waals surface area contributed by atoms with Crippen LogP contribution in [0.5, 0.6) is 0 Å². The Morgan fingerprint density at radius 2 is 2.00 bits per heavy atom.